The van der Waals surface area contributed by atoms with Crippen molar-refractivity contribution in [3.8, 4) is 11.6 Å². The second-order valence-corrected chi connectivity index (χ2v) is 8.74. The van der Waals surface area contributed by atoms with Gasteiger partial charge in [-0.05, 0) is 23.1 Å². The van der Waals surface area contributed by atoms with Crippen LogP contribution in [0.4, 0.5) is 0 Å². The molecule has 2 aromatic carbocycles. The average Bonchev–Trinajstić information content (AvgIpc) is 2.73. The van der Waals surface area contributed by atoms with E-state index in [0.717, 1.165) is 11.3 Å². The van der Waals surface area contributed by atoms with Crippen molar-refractivity contribution in [1.29, 1.82) is 5.41 Å². The van der Waals surface area contributed by atoms with Crippen LogP contribution in [0.2, 0.25) is 0 Å². The van der Waals surface area contributed by atoms with E-state index in [4.69, 9.17) is 10.1 Å². The molecule has 2 heterocycles. The molecule has 1 unspecified atom stereocenters. The zero-order valence-corrected chi connectivity index (χ0v) is 17.1. The smallest absolute Gasteiger partial charge is 0.228 e. The molecular weight excluding hydrogens is 374 g/mol. The van der Waals surface area contributed by atoms with Crippen LogP contribution in [0.25, 0.3) is 5.69 Å². The number of nitrogens with zero attached hydrogens (tertiary/aromatic N) is 2. The number of para-hydroxylation sites is 1. The van der Waals surface area contributed by atoms with E-state index < -0.39 is 0 Å². The molecule has 3 aromatic rings. The molecule has 5 heteroatoms. The Hall–Kier alpha value is -3.47. The Kier molecular flexibility index (Phi) is 4.21. The van der Waals surface area contributed by atoms with Crippen molar-refractivity contribution in [2.24, 2.45) is 5.41 Å². The van der Waals surface area contributed by atoms with Gasteiger partial charge in [0.05, 0.1) is 5.56 Å². The highest BCUT2D eigenvalue weighted by molar-refractivity contribution is 6.00. The summed E-state index contributed by atoms with van der Waals surface area (Å²) in [6, 6.07) is 19.6. The average molecular weight is 397 g/mol. The molecule has 0 radical (unpaired) electrons. The number of allylic oxidation sites excluding steroid dienone is 2. The lowest BCUT2D eigenvalue weighted by Gasteiger charge is -2.37. The molecule has 0 spiro atoms. The number of hydrogen-bond donors (Lipinski definition) is 1. The Morgan fingerprint density at radius 3 is 2.40 bits per heavy atom. The number of rotatable bonds is 2. The Morgan fingerprint density at radius 1 is 1.03 bits per heavy atom. The predicted molar refractivity (Wildman–Crippen MR) is 113 cm³/mol. The van der Waals surface area contributed by atoms with Gasteiger partial charge >= 0.3 is 0 Å². The van der Waals surface area contributed by atoms with Crippen LogP contribution in [0, 0.1) is 10.8 Å². The number of hydrogen-bond acceptors (Lipinski definition) is 4. The van der Waals surface area contributed by atoms with Gasteiger partial charge in [0.15, 0.2) is 5.78 Å². The SMILES string of the molecule is CC1(C)CC(=O)C2=C(C1)Oc1ncn(-c3ccccc3)c(=N)c1C2c1ccccc1. The number of carbonyl (C=O) groups excluding carboxylic acids is 1. The first-order chi connectivity index (χ1) is 14.4. The summed E-state index contributed by atoms with van der Waals surface area (Å²) in [7, 11) is 0. The summed E-state index contributed by atoms with van der Waals surface area (Å²) in [6.45, 7) is 4.17. The number of Topliss-reactive ketones (excluding diaryl/α,β-unsaturated/α-hetero) is 1. The third kappa shape index (κ3) is 2.98. The largest absolute Gasteiger partial charge is 0.442 e. The van der Waals surface area contributed by atoms with Crippen LogP contribution in [0.5, 0.6) is 5.88 Å². The minimum absolute atomic E-state index is 0.0928. The number of ketones is 1. The molecular formula is C25H23N3O2. The van der Waals surface area contributed by atoms with E-state index in [1.807, 2.05) is 60.7 Å². The summed E-state index contributed by atoms with van der Waals surface area (Å²) < 4.78 is 7.92. The third-order valence-corrected chi connectivity index (χ3v) is 5.86. The Balaban J connectivity index is 1.77. The maximum atomic E-state index is 13.3. The lowest BCUT2D eigenvalue weighted by Crippen LogP contribution is -2.37. The number of fused-ring (bicyclic) bond motifs is 1. The van der Waals surface area contributed by atoms with Crippen LogP contribution in [0.1, 0.15) is 43.7 Å². The topological polar surface area (TPSA) is 68.0 Å². The van der Waals surface area contributed by atoms with Crippen LogP contribution in [-0.2, 0) is 4.79 Å². The minimum atomic E-state index is -0.357. The molecule has 0 bridgehead atoms. The fraction of sp³-hybridized carbons (Fsp3) is 0.240. The first kappa shape index (κ1) is 18.6. The van der Waals surface area contributed by atoms with Crippen molar-refractivity contribution in [2.45, 2.75) is 32.6 Å². The highest BCUT2D eigenvalue weighted by atomic mass is 16.5. The van der Waals surface area contributed by atoms with E-state index >= 15 is 0 Å². The van der Waals surface area contributed by atoms with Gasteiger partial charge in [-0.2, -0.15) is 0 Å². The van der Waals surface area contributed by atoms with Gasteiger partial charge in [-0.15, -0.1) is 0 Å². The standard InChI is InChI=1S/C25H23N3O2/c1-25(2)13-18(29)21-19(14-25)30-24-22(20(21)16-9-5-3-6-10-16)23(26)28(15-27-24)17-11-7-4-8-12-17/h3-12,15,20,26H,13-14H2,1-2H3. The first-order valence-corrected chi connectivity index (χ1v) is 10.2. The maximum Gasteiger partial charge on any atom is 0.228 e. The number of aromatic nitrogens is 2. The monoisotopic (exact) mass is 397 g/mol. The lowest BCUT2D eigenvalue weighted by molar-refractivity contribution is -0.118. The summed E-state index contributed by atoms with van der Waals surface area (Å²) in [4.78, 5) is 17.8. The summed E-state index contributed by atoms with van der Waals surface area (Å²) >= 11 is 0. The van der Waals surface area contributed by atoms with Crippen molar-refractivity contribution in [3.05, 3.63) is 94.9 Å². The van der Waals surface area contributed by atoms with Gasteiger partial charge in [-0.25, -0.2) is 4.98 Å². The van der Waals surface area contributed by atoms with E-state index in [2.05, 4.69) is 18.8 Å². The Bertz CT molecular complexity index is 1220. The molecule has 1 aliphatic heterocycles. The van der Waals surface area contributed by atoms with Crippen molar-refractivity contribution in [1.82, 2.24) is 9.55 Å². The van der Waals surface area contributed by atoms with Crippen molar-refractivity contribution < 1.29 is 9.53 Å². The molecule has 0 fully saturated rings. The molecule has 0 amide bonds. The van der Waals surface area contributed by atoms with Gasteiger partial charge in [0, 0.05) is 30.0 Å². The second-order valence-electron chi connectivity index (χ2n) is 8.74. The highest BCUT2D eigenvalue weighted by Gasteiger charge is 2.43. The van der Waals surface area contributed by atoms with Gasteiger partial charge in [-0.3, -0.25) is 14.8 Å². The van der Waals surface area contributed by atoms with Crippen molar-refractivity contribution >= 4 is 5.78 Å². The molecule has 1 aliphatic carbocycles. The third-order valence-electron chi connectivity index (χ3n) is 5.86. The fourth-order valence-corrected chi connectivity index (χ4v) is 4.53. The van der Waals surface area contributed by atoms with Crippen molar-refractivity contribution in [3.63, 3.8) is 0 Å². The number of carbonyl (C=O) groups is 1. The number of ether oxygens (including phenoxy) is 1. The maximum absolute atomic E-state index is 13.3. The van der Waals surface area contributed by atoms with Crippen LogP contribution in [-0.4, -0.2) is 15.3 Å². The van der Waals surface area contributed by atoms with Crippen LogP contribution in [0.3, 0.4) is 0 Å². The summed E-state index contributed by atoms with van der Waals surface area (Å²) in [5.74, 6) is 0.854. The zero-order valence-electron chi connectivity index (χ0n) is 17.1. The second kappa shape index (κ2) is 6.80. The summed E-state index contributed by atoms with van der Waals surface area (Å²) in [5.41, 5.74) is 3.26. The molecule has 1 N–H and O–H groups in total. The van der Waals surface area contributed by atoms with E-state index in [1.165, 1.54) is 0 Å². The van der Waals surface area contributed by atoms with E-state index in [0.29, 0.717) is 35.6 Å². The molecule has 150 valence electrons. The molecule has 2 aliphatic rings. The van der Waals surface area contributed by atoms with E-state index in [1.54, 1.807) is 10.9 Å². The van der Waals surface area contributed by atoms with Crippen LogP contribution >= 0.6 is 0 Å². The van der Waals surface area contributed by atoms with Gasteiger partial charge < -0.3 is 4.74 Å². The lowest BCUT2D eigenvalue weighted by atomic mass is 9.70. The van der Waals surface area contributed by atoms with Crippen molar-refractivity contribution in [2.75, 3.05) is 0 Å². The molecule has 1 atom stereocenters. The predicted octanol–water partition coefficient (Wildman–Crippen LogP) is 4.52. The Labute approximate surface area is 175 Å². The van der Waals surface area contributed by atoms with Gasteiger partial charge in [0.2, 0.25) is 5.88 Å². The van der Waals surface area contributed by atoms with Crippen LogP contribution < -0.4 is 10.2 Å². The number of benzene rings is 2. The van der Waals surface area contributed by atoms with Gasteiger partial charge in [0.25, 0.3) is 0 Å². The quantitative estimate of drug-likeness (QED) is 0.691. The van der Waals surface area contributed by atoms with E-state index in [9.17, 15) is 4.79 Å². The molecule has 0 saturated carbocycles. The molecule has 1 aromatic heterocycles. The Morgan fingerprint density at radius 2 is 1.70 bits per heavy atom. The first-order valence-electron chi connectivity index (χ1n) is 10.2. The zero-order chi connectivity index (χ0) is 20.9. The van der Waals surface area contributed by atoms with Gasteiger partial charge in [-0.1, -0.05) is 62.4 Å². The highest BCUT2D eigenvalue weighted by Crippen LogP contribution is 2.48. The van der Waals surface area contributed by atoms with Gasteiger partial charge in [0.1, 0.15) is 17.6 Å². The molecule has 0 saturated heterocycles. The summed E-state index contributed by atoms with van der Waals surface area (Å²) in [6.07, 6.45) is 2.78. The van der Waals surface area contributed by atoms with E-state index in [-0.39, 0.29) is 22.6 Å². The normalized spacial score (nSPS) is 19.7. The fourth-order valence-electron chi connectivity index (χ4n) is 4.53. The minimum Gasteiger partial charge on any atom is -0.442 e. The summed E-state index contributed by atoms with van der Waals surface area (Å²) in [5, 5.41) is 9.00. The number of nitrogens with one attached hydrogen (secondary N) is 1. The molecule has 5 rings (SSSR count). The van der Waals surface area contributed by atoms with Crippen LogP contribution in [0.15, 0.2) is 78.3 Å². The molecule has 5 nitrogen and oxygen atoms in total. The molecule has 30 heavy (non-hydrogen) atoms.